The van der Waals surface area contributed by atoms with Crippen molar-refractivity contribution >= 4 is 17.5 Å². The summed E-state index contributed by atoms with van der Waals surface area (Å²) in [4.78, 5) is 0. The Kier molecular flexibility index (Phi) is 5.93. The lowest BCUT2D eigenvalue weighted by atomic mass is 10.1. The van der Waals surface area contributed by atoms with E-state index in [-0.39, 0.29) is 5.90 Å². The molecule has 6 heteroatoms. The summed E-state index contributed by atoms with van der Waals surface area (Å²) >= 11 is 6.01. The van der Waals surface area contributed by atoms with Gasteiger partial charge in [0.25, 0.3) is 5.82 Å². The van der Waals surface area contributed by atoms with Gasteiger partial charge >= 0.3 is 5.82 Å². The molecule has 0 aliphatic rings. The van der Waals surface area contributed by atoms with E-state index >= 15 is 0 Å². The van der Waals surface area contributed by atoms with Crippen molar-refractivity contribution in [3.05, 3.63) is 125 Å². The van der Waals surface area contributed by atoms with Crippen molar-refractivity contribution in [3.8, 4) is 28.5 Å². The van der Waals surface area contributed by atoms with Gasteiger partial charge in [0.2, 0.25) is 0 Å². The highest BCUT2D eigenvalue weighted by atomic mass is 35.5. The van der Waals surface area contributed by atoms with Crippen molar-refractivity contribution < 1.29 is 9.79 Å². The first-order chi connectivity index (χ1) is 16.6. The van der Waals surface area contributed by atoms with E-state index in [2.05, 4.69) is 5.10 Å². The number of para-hydroxylation sites is 1. The molecular weight excluding hydrogens is 444 g/mol. The number of nitrogens with zero attached hydrogens (tertiary/aromatic N) is 4. The van der Waals surface area contributed by atoms with Crippen molar-refractivity contribution in [2.75, 3.05) is 0 Å². The molecule has 0 spiro atoms. The summed E-state index contributed by atoms with van der Waals surface area (Å²) in [7, 11) is 0. The lowest BCUT2D eigenvalue weighted by Gasteiger charge is -2.09. The molecule has 5 rings (SSSR count). The summed E-state index contributed by atoms with van der Waals surface area (Å²) in [6, 6.07) is 34.4. The van der Waals surface area contributed by atoms with E-state index in [1.807, 2.05) is 96.5 Å². The Morgan fingerprint density at radius 1 is 0.794 bits per heavy atom. The molecule has 0 aliphatic carbocycles. The molecule has 0 N–H and O–H groups in total. The molecule has 0 saturated carbocycles. The quantitative estimate of drug-likeness (QED) is 0.208. The van der Waals surface area contributed by atoms with Crippen LogP contribution in [0.4, 0.5) is 0 Å². The predicted octanol–water partition coefficient (Wildman–Crippen LogP) is 5.03. The van der Waals surface area contributed by atoms with E-state index in [9.17, 15) is 5.11 Å². The fourth-order valence-corrected chi connectivity index (χ4v) is 3.80. The van der Waals surface area contributed by atoms with Gasteiger partial charge in [-0.2, -0.15) is 0 Å². The Morgan fingerprint density at radius 3 is 2.06 bits per heavy atom. The number of rotatable bonds is 5. The monoisotopic (exact) mass is 464 g/mol. The largest absolute Gasteiger partial charge is 0.856 e. The number of aryl methyl sites for hydroxylation is 1. The molecule has 0 aliphatic heterocycles. The molecule has 1 aromatic heterocycles. The second-order valence-corrected chi connectivity index (χ2v) is 8.29. The van der Waals surface area contributed by atoms with Crippen LogP contribution in [-0.2, 0) is 0 Å². The highest BCUT2D eigenvalue weighted by Crippen LogP contribution is 2.25. The summed E-state index contributed by atoms with van der Waals surface area (Å²) in [5.74, 6) is 0.842. The van der Waals surface area contributed by atoms with E-state index < -0.39 is 0 Å². The Balaban J connectivity index is 1.81. The van der Waals surface area contributed by atoms with Gasteiger partial charge in [0, 0.05) is 16.5 Å². The third-order valence-electron chi connectivity index (χ3n) is 5.42. The summed E-state index contributed by atoms with van der Waals surface area (Å²) in [5, 5.41) is 23.2. The summed E-state index contributed by atoms with van der Waals surface area (Å²) in [6.07, 6.45) is 0. The van der Waals surface area contributed by atoms with Crippen LogP contribution in [0.3, 0.4) is 0 Å². The lowest BCUT2D eigenvalue weighted by molar-refractivity contribution is -0.645. The van der Waals surface area contributed by atoms with Crippen LogP contribution in [0.25, 0.3) is 28.5 Å². The van der Waals surface area contributed by atoms with Crippen molar-refractivity contribution in [1.29, 1.82) is 0 Å². The Bertz CT molecular complexity index is 1440. The minimum atomic E-state index is -0.389. The van der Waals surface area contributed by atoms with Crippen LogP contribution in [0.1, 0.15) is 11.1 Å². The van der Waals surface area contributed by atoms with E-state index in [0.717, 1.165) is 22.4 Å². The molecule has 1 heterocycles. The molecule has 0 fully saturated rings. The molecule has 4 aromatic carbocycles. The van der Waals surface area contributed by atoms with Gasteiger partial charge in [-0.3, -0.25) is 0 Å². The summed E-state index contributed by atoms with van der Waals surface area (Å²) in [6.45, 7) is 2.03. The number of hydrogen-bond acceptors (Lipinski definition) is 3. The topological polar surface area (TPSA) is 57.1 Å². The average Bonchev–Trinajstić information content (AvgIpc) is 3.25. The van der Waals surface area contributed by atoms with Crippen LogP contribution in [0.15, 0.2) is 114 Å². The molecule has 0 saturated heterocycles. The van der Waals surface area contributed by atoms with Crippen LogP contribution in [0, 0.1) is 6.92 Å². The minimum Gasteiger partial charge on any atom is -0.856 e. The first-order valence-electron chi connectivity index (χ1n) is 10.8. The van der Waals surface area contributed by atoms with E-state index in [4.69, 9.17) is 16.7 Å². The van der Waals surface area contributed by atoms with Gasteiger partial charge in [-0.1, -0.05) is 92.3 Å². The van der Waals surface area contributed by atoms with Gasteiger partial charge in [-0.15, -0.1) is 0 Å². The van der Waals surface area contributed by atoms with E-state index in [1.54, 1.807) is 28.9 Å². The van der Waals surface area contributed by atoms with Gasteiger partial charge < -0.3 is 5.11 Å². The lowest BCUT2D eigenvalue weighted by Crippen LogP contribution is -2.35. The maximum Gasteiger partial charge on any atom is 0.342 e. The zero-order valence-corrected chi connectivity index (χ0v) is 19.2. The Hall–Kier alpha value is -4.22. The van der Waals surface area contributed by atoms with E-state index in [1.165, 1.54) is 0 Å². The van der Waals surface area contributed by atoms with Crippen LogP contribution in [0.5, 0.6) is 0 Å². The van der Waals surface area contributed by atoms with Crippen molar-refractivity contribution in [2.24, 2.45) is 5.10 Å². The SMILES string of the molecule is Cc1ccc(-c2n[n+](-c3ccccc3)c(-c3ccccc3)n2/N=C(\[O-])c2ccc(Cl)cc2)cc1. The molecular formula is C28H21ClN4O. The maximum atomic E-state index is 13.2. The number of aromatic nitrogens is 3. The molecule has 34 heavy (non-hydrogen) atoms. The standard InChI is InChI=1S/C28H21ClN4O/c1-20-12-14-21(15-13-20)26-30-32(25-10-6-3-7-11-25)28(23-8-4-2-5-9-23)33(26)31-27(34)22-16-18-24(29)19-17-22/h2-19H,1H3. The maximum absolute atomic E-state index is 13.2. The molecule has 0 bridgehead atoms. The first kappa shape index (κ1) is 21.6. The van der Waals surface area contributed by atoms with Crippen LogP contribution in [-0.4, -0.2) is 15.7 Å². The smallest absolute Gasteiger partial charge is 0.342 e. The summed E-state index contributed by atoms with van der Waals surface area (Å²) < 4.78 is 3.45. The van der Waals surface area contributed by atoms with Gasteiger partial charge in [-0.05, 0) is 66.1 Å². The third-order valence-corrected chi connectivity index (χ3v) is 5.67. The van der Waals surface area contributed by atoms with Gasteiger partial charge in [0.1, 0.15) is 0 Å². The minimum absolute atomic E-state index is 0.389. The Morgan fingerprint density at radius 2 is 1.41 bits per heavy atom. The highest BCUT2D eigenvalue weighted by Gasteiger charge is 2.30. The normalized spacial score (nSPS) is 11.5. The number of halogens is 1. The van der Waals surface area contributed by atoms with Crippen LogP contribution >= 0.6 is 11.6 Å². The van der Waals surface area contributed by atoms with Gasteiger partial charge in [0.05, 0.1) is 5.56 Å². The Labute approximate surface area is 202 Å². The fourth-order valence-electron chi connectivity index (χ4n) is 3.67. The van der Waals surface area contributed by atoms with Crippen molar-refractivity contribution in [3.63, 3.8) is 0 Å². The molecule has 0 amide bonds. The van der Waals surface area contributed by atoms with Crippen molar-refractivity contribution in [2.45, 2.75) is 6.92 Å². The summed E-state index contributed by atoms with van der Waals surface area (Å²) in [5.41, 5.74) is 4.17. The first-order valence-corrected chi connectivity index (χ1v) is 11.2. The van der Waals surface area contributed by atoms with Gasteiger partial charge in [-0.25, -0.2) is 0 Å². The zero-order chi connectivity index (χ0) is 23.5. The number of hydrogen-bond donors (Lipinski definition) is 0. The molecule has 0 atom stereocenters. The molecule has 166 valence electrons. The second kappa shape index (κ2) is 9.33. The van der Waals surface area contributed by atoms with E-state index in [0.29, 0.717) is 22.2 Å². The fraction of sp³-hybridized carbons (Fsp3) is 0.0357. The van der Waals surface area contributed by atoms with Crippen molar-refractivity contribution in [1.82, 2.24) is 9.77 Å². The third kappa shape index (κ3) is 4.34. The van der Waals surface area contributed by atoms with Crippen LogP contribution < -0.4 is 9.79 Å². The molecule has 0 radical (unpaired) electrons. The molecule has 0 unspecified atom stereocenters. The number of benzene rings is 4. The molecule has 5 aromatic rings. The van der Waals surface area contributed by atoms with Gasteiger partial charge in [0.15, 0.2) is 5.69 Å². The molecule has 5 nitrogen and oxygen atoms in total. The second-order valence-electron chi connectivity index (χ2n) is 7.85. The highest BCUT2D eigenvalue weighted by molar-refractivity contribution is 6.30. The predicted molar refractivity (Wildman–Crippen MR) is 133 cm³/mol. The van der Waals surface area contributed by atoms with Crippen LogP contribution in [0.2, 0.25) is 5.02 Å². The zero-order valence-electron chi connectivity index (χ0n) is 18.5. The average molecular weight is 465 g/mol.